The Morgan fingerprint density at radius 2 is 1.50 bits per heavy atom. The van der Waals surface area contributed by atoms with Gasteiger partial charge in [-0.15, -0.1) is 0 Å². The second-order valence-electron chi connectivity index (χ2n) is 7.05. The van der Waals surface area contributed by atoms with E-state index in [4.69, 9.17) is 4.74 Å². The van der Waals surface area contributed by atoms with E-state index >= 15 is 0 Å². The third-order valence-electron chi connectivity index (χ3n) is 5.21. The summed E-state index contributed by atoms with van der Waals surface area (Å²) in [5.41, 5.74) is 2.21. The number of ketones is 1. The second-order valence-corrected chi connectivity index (χ2v) is 7.05. The molecule has 1 atom stereocenters. The van der Waals surface area contributed by atoms with E-state index in [2.05, 4.69) is 0 Å². The van der Waals surface area contributed by atoms with Crippen LogP contribution in [0.5, 0.6) is 5.75 Å². The molecule has 30 heavy (non-hydrogen) atoms. The fourth-order valence-electron chi connectivity index (χ4n) is 3.71. The molecule has 1 fully saturated rings. The first-order chi connectivity index (χ1) is 14.6. The summed E-state index contributed by atoms with van der Waals surface area (Å²) in [4.78, 5) is 27.5. The molecule has 3 aromatic carbocycles. The van der Waals surface area contributed by atoms with E-state index in [0.717, 1.165) is 11.1 Å². The van der Waals surface area contributed by atoms with Crippen molar-refractivity contribution in [2.75, 3.05) is 7.11 Å². The summed E-state index contributed by atoms with van der Waals surface area (Å²) in [5.74, 6) is -0.822. The van der Waals surface area contributed by atoms with Crippen molar-refractivity contribution in [2.45, 2.75) is 12.6 Å². The second kappa shape index (κ2) is 8.25. The number of aliphatic hydroxyl groups excluding tert-OH is 1. The van der Waals surface area contributed by atoms with Crippen molar-refractivity contribution in [3.05, 3.63) is 107 Å². The first-order valence-electron chi connectivity index (χ1n) is 9.62. The molecule has 0 radical (unpaired) electrons. The molecule has 0 aliphatic carbocycles. The Balaban J connectivity index is 1.85. The molecule has 150 valence electrons. The summed E-state index contributed by atoms with van der Waals surface area (Å²) in [5, 5.41) is 11.0. The van der Waals surface area contributed by atoms with Gasteiger partial charge in [0.05, 0.1) is 18.7 Å². The smallest absolute Gasteiger partial charge is 0.295 e. The number of Topliss-reactive ketones (excluding diaryl/α,β-unsaturated/α-hetero) is 1. The van der Waals surface area contributed by atoms with Crippen LogP contribution in [0.3, 0.4) is 0 Å². The maximum absolute atomic E-state index is 13.0. The van der Waals surface area contributed by atoms with Crippen LogP contribution in [0.4, 0.5) is 0 Å². The van der Waals surface area contributed by atoms with Crippen LogP contribution in [0.2, 0.25) is 0 Å². The van der Waals surface area contributed by atoms with Gasteiger partial charge in [0.25, 0.3) is 11.7 Å². The number of carbonyl (C=O) groups is 2. The van der Waals surface area contributed by atoms with Crippen LogP contribution >= 0.6 is 0 Å². The molecule has 5 nitrogen and oxygen atoms in total. The highest BCUT2D eigenvalue weighted by Crippen LogP contribution is 2.40. The molecule has 5 heteroatoms. The quantitative estimate of drug-likeness (QED) is 0.394. The maximum atomic E-state index is 13.0. The number of nitrogens with zero attached hydrogens (tertiary/aromatic N) is 1. The number of hydrogen-bond acceptors (Lipinski definition) is 4. The number of hydrogen-bond donors (Lipinski definition) is 1. The van der Waals surface area contributed by atoms with Crippen molar-refractivity contribution in [3.8, 4) is 5.75 Å². The molecule has 1 heterocycles. The highest BCUT2D eigenvalue weighted by molar-refractivity contribution is 6.46. The lowest BCUT2D eigenvalue weighted by atomic mass is 9.95. The standard InChI is InChI=1S/C25H21NO4/c1-30-20-14-12-18(13-15-20)22-21(23(27)19-10-6-3-7-11-19)24(28)25(29)26(22)16-17-8-4-2-5-9-17/h2-15,22,27H,16H2,1H3/t22-/m0/s1. The van der Waals surface area contributed by atoms with E-state index < -0.39 is 17.7 Å². The number of ether oxygens (including phenoxy) is 1. The zero-order valence-corrected chi connectivity index (χ0v) is 16.5. The third-order valence-corrected chi connectivity index (χ3v) is 5.21. The molecule has 4 rings (SSSR count). The molecule has 1 aliphatic heterocycles. The van der Waals surface area contributed by atoms with Crippen molar-refractivity contribution in [3.63, 3.8) is 0 Å². The first-order valence-corrected chi connectivity index (χ1v) is 9.62. The van der Waals surface area contributed by atoms with Gasteiger partial charge in [0.1, 0.15) is 11.5 Å². The van der Waals surface area contributed by atoms with Crippen molar-refractivity contribution >= 4 is 17.4 Å². The summed E-state index contributed by atoms with van der Waals surface area (Å²) >= 11 is 0. The van der Waals surface area contributed by atoms with E-state index in [9.17, 15) is 14.7 Å². The molecule has 0 saturated carbocycles. The Morgan fingerprint density at radius 3 is 2.10 bits per heavy atom. The van der Waals surface area contributed by atoms with Gasteiger partial charge >= 0.3 is 0 Å². The number of likely N-dealkylation sites (tertiary alicyclic amines) is 1. The van der Waals surface area contributed by atoms with Crippen molar-refractivity contribution in [1.29, 1.82) is 0 Å². The molecular formula is C25H21NO4. The van der Waals surface area contributed by atoms with Gasteiger partial charge in [-0.3, -0.25) is 9.59 Å². The fraction of sp³-hybridized carbons (Fsp3) is 0.120. The van der Waals surface area contributed by atoms with Gasteiger partial charge in [-0.25, -0.2) is 0 Å². The SMILES string of the molecule is COc1ccc([C@H]2C(=C(O)c3ccccc3)C(=O)C(=O)N2Cc2ccccc2)cc1. The Morgan fingerprint density at radius 1 is 0.900 bits per heavy atom. The molecule has 0 spiro atoms. The molecule has 1 saturated heterocycles. The highest BCUT2D eigenvalue weighted by atomic mass is 16.5. The maximum Gasteiger partial charge on any atom is 0.295 e. The minimum absolute atomic E-state index is 0.0901. The lowest BCUT2D eigenvalue weighted by Crippen LogP contribution is -2.29. The lowest BCUT2D eigenvalue weighted by molar-refractivity contribution is -0.140. The van der Waals surface area contributed by atoms with Crippen molar-refractivity contribution in [1.82, 2.24) is 4.90 Å². The Hall–Kier alpha value is -3.86. The van der Waals surface area contributed by atoms with Crippen LogP contribution in [0.15, 0.2) is 90.5 Å². The molecule has 3 aromatic rings. The van der Waals surface area contributed by atoms with Crippen molar-refractivity contribution < 1.29 is 19.4 Å². The van der Waals surface area contributed by atoms with Gasteiger partial charge in [-0.1, -0.05) is 72.8 Å². The number of methoxy groups -OCH3 is 1. The molecule has 0 unspecified atom stereocenters. The van der Waals surface area contributed by atoms with Crippen LogP contribution in [-0.4, -0.2) is 28.8 Å². The molecular weight excluding hydrogens is 378 g/mol. The Bertz CT molecular complexity index is 1090. The first kappa shape index (κ1) is 19.5. The average Bonchev–Trinajstić information content (AvgIpc) is 3.05. The number of amides is 1. The van der Waals surface area contributed by atoms with Crippen LogP contribution in [0, 0.1) is 0 Å². The number of benzene rings is 3. The van der Waals surface area contributed by atoms with Crippen LogP contribution in [-0.2, 0) is 16.1 Å². The Labute approximate surface area is 174 Å². The normalized spacial score (nSPS) is 17.9. The lowest BCUT2D eigenvalue weighted by Gasteiger charge is -2.25. The van der Waals surface area contributed by atoms with Crippen LogP contribution < -0.4 is 4.74 Å². The molecule has 1 N–H and O–H groups in total. The molecule has 0 aromatic heterocycles. The summed E-state index contributed by atoms with van der Waals surface area (Å²) in [6.07, 6.45) is 0. The fourth-order valence-corrected chi connectivity index (χ4v) is 3.71. The van der Waals surface area contributed by atoms with Gasteiger partial charge in [0.15, 0.2) is 0 Å². The van der Waals surface area contributed by atoms with Gasteiger partial charge in [-0.2, -0.15) is 0 Å². The highest BCUT2D eigenvalue weighted by Gasteiger charge is 2.46. The van der Waals surface area contributed by atoms with E-state index in [-0.39, 0.29) is 17.9 Å². The molecule has 0 bridgehead atoms. The number of carbonyl (C=O) groups excluding carboxylic acids is 2. The van der Waals surface area contributed by atoms with E-state index in [0.29, 0.717) is 11.3 Å². The number of aliphatic hydroxyl groups is 1. The monoisotopic (exact) mass is 399 g/mol. The minimum Gasteiger partial charge on any atom is -0.507 e. The summed E-state index contributed by atoms with van der Waals surface area (Å²) in [6.45, 7) is 0.258. The minimum atomic E-state index is -0.698. The van der Waals surface area contributed by atoms with Gasteiger partial charge < -0.3 is 14.7 Å². The Kier molecular flexibility index (Phi) is 5.35. The van der Waals surface area contributed by atoms with Crippen molar-refractivity contribution in [2.24, 2.45) is 0 Å². The predicted molar refractivity (Wildman–Crippen MR) is 114 cm³/mol. The average molecular weight is 399 g/mol. The van der Waals surface area contributed by atoms with Crippen LogP contribution in [0.25, 0.3) is 5.76 Å². The third kappa shape index (κ3) is 3.57. The van der Waals surface area contributed by atoms with E-state index in [1.54, 1.807) is 43.5 Å². The zero-order valence-electron chi connectivity index (χ0n) is 16.5. The topological polar surface area (TPSA) is 66.8 Å². The van der Waals surface area contributed by atoms with Gasteiger partial charge in [-0.05, 0) is 23.3 Å². The van der Waals surface area contributed by atoms with Gasteiger partial charge in [0, 0.05) is 12.1 Å². The largest absolute Gasteiger partial charge is 0.507 e. The summed E-state index contributed by atoms with van der Waals surface area (Å²) in [7, 11) is 1.58. The zero-order chi connectivity index (χ0) is 21.1. The predicted octanol–water partition coefficient (Wildman–Crippen LogP) is 4.32. The van der Waals surface area contributed by atoms with Gasteiger partial charge in [0.2, 0.25) is 0 Å². The summed E-state index contributed by atoms with van der Waals surface area (Å²) in [6, 6.07) is 24.8. The van der Waals surface area contributed by atoms with E-state index in [1.807, 2.05) is 48.5 Å². The molecule has 1 aliphatic rings. The summed E-state index contributed by atoms with van der Waals surface area (Å²) < 4.78 is 5.23. The van der Waals surface area contributed by atoms with E-state index in [1.165, 1.54) is 4.90 Å². The molecule has 1 amide bonds. The van der Waals surface area contributed by atoms with Crippen LogP contribution in [0.1, 0.15) is 22.7 Å². The number of rotatable bonds is 5.